The smallest absolute Gasteiger partial charge is 0.193 e. The van der Waals surface area contributed by atoms with Gasteiger partial charge in [-0.05, 0) is 47.1 Å². The highest BCUT2D eigenvalue weighted by molar-refractivity contribution is 6.74. The van der Waals surface area contributed by atoms with Crippen LogP contribution in [0.2, 0.25) is 23.3 Å². The van der Waals surface area contributed by atoms with Gasteiger partial charge in [-0.2, -0.15) is 0 Å². The van der Waals surface area contributed by atoms with Gasteiger partial charge < -0.3 is 4.43 Å². The van der Waals surface area contributed by atoms with Gasteiger partial charge in [0, 0.05) is 17.1 Å². The molecule has 25 heavy (non-hydrogen) atoms. The molecule has 0 atom stereocenters. The Kier molecular flexibility index (Phi) is 5.99. The van der Waals surface area contributed by atoms with Gasteiger partial charge in [0.05, 0.1) is 6.61 Å². The number of rotatable bonds is 3. The molecule has 0 saturated heterocycles. The van der Waals surface area contributed by atoms with Crippen molar-refractivity contribution >= 4 is 30.7 Å². The van der Waals surface area contributed by atoms with E-state index in [-0.39, 0.29) is 5.04 Å². The van der Waals surface area contributed by atoms with Crippen LogP contribution in [0.5, 0.6) is 0 Å². The van der Waals surface area contributed by atoms with E-state index in [0.29, 0.717) is 17.7 Å². The molecule has 0 amide bonds. The van der Waals surface area contributed by atoms with Crippen molar-refractivity contribution in [2.45, 2.75) is 58.7 Å². The minimum Gasteiger partial charge on any atom is -0.406 e. The van der Waals surface area contributed by atoms with E-state index in [4.69, 9.17) is 16.0 Å². The predicted molar refractivity (Wildman–Crippen MR) is 111 cm³/mol. The van der Waals surface area contributed by atoms with Gasteiger partial charge in [0.1, 0.15) is 5.15 Å². The van der Waals surface area contributed by atoms with Crippen LogP contribution in [0.3, 0.4) is 0 Å². The molecule has 134 valence electrons. The van der Waals surface area contributed by atoms with Crippen LogP contribution >= 0.6 is 11.6 Å². The Labute approximate surface area is 158 Å². The van der Waals surface area contributed by atoms with Crippen LogP contribution in [0.4, 0.5) is 0 Å². The number of hydrogen-bond donors (Lipinski definition) is 0. The Hall–Kier alpha value is -1.34. The summed E-state index contributed by atoms with van der Waals surface area (Å²) in [5.41, 5.74) is 2.24. The molecule has 0 saturated carbocycles. The fraction of sp³-hybridized carbons (Fsp3) is 0.476. The third-order valence-corrected chi connectivity index (χ3v) is 9.74. The van der Waals surface area contributed by atoms with E-state index in [1.807, 2.05) is 12.3 Å². The van der Waals surface area contributed by atoms with Crippen LogP contribution in [0.15, 0.2) is 24.4 Å². The topological polar surface area (TPSA) is 22.1 Å². The van der Waals surface area contributed by atoms with Crippen LogP contribution in [-0.4, -0.2) is 19.9 Å². The molecule has 0 unspecified atom stereocenters. The average Bonchev–Trinajstić information content (AvgIpc) is 2.49. The Bertz CT molecular complexity index is 825. The molecular formula is C21H28ClNOSi. The maximum Gasteiger partial charge on any atom is 0.193 e. The Balaban J connectivity index is 2.31. The summed E-state index contributed by atoms with van der Waals surface area (Å²) in [5.74, 6) is 6.87. The molecule has 0 spiro atoms. The second kappa shape index (κ2) is 7.49. The zero-order chi connectivity index (χ0) is 18.8. The highest BCUT2D eigenvalue weighted by Gasteiger charge is 2.36. The monoisotopic (exact) mass is 373 g/mol. The molecule has 0 N–H and O–H groups in total. The van der Waals surface area contributed by atoms with Crippen molar-refractivity contribution in [1.29, 1.82) is 0 Å². The van der Waals surface area contributed by atoms with Gasteiger partial charge in [-0.1, -0.05) is 64.1 Å². The fourth-order valence-corrected chi connectivity index (χ4v) is 3.44. The maximum absolute atomic E-state index is 6.14. The summed E-state index contributed by atoms with van der Waals surface area (Å²) >= 11 is 6.10. The number of hydrogen-bond acceptors (Lipinski definition) is 2. The third kappa shape index (κ3) is 4.64. The average molecular weight is 374 g/mol. The van der Waals surface area contributed by atoms with Gasteiger partial charge in [-0.25, -0.2) is 4.98 Å². The first-order valence-electron chi connectivity index (χ1n) is 8.74. The predicted octanol–water partition coefficient (Wildman–Crippen LogP) is 6.38. The molecule has 1 aromatic heterocycles. The first-order chi connectivity index (χ1) is 11.5. The fourth-order valence-electron chi connectivity index (χ4n) is 2.41. The molecule has 2 aromatic rings. The van der Waals surface area contributed by atoms with Crippen LogP contribution in [-0.2, 0) is 4.43 Å². The highest BCUT2D eigenvalue weighted by atomic mass is 35.5. The summed E-state index contributed by atoms with van der Waals surface area (Å²) in [6, 6.07) is 6.15. The molecule has 0 aliphatic carbocycles. The lowest BCUT2D eigenvalue weighted by Crippen LogP contribution is -2.40. The van der Waals surface area contributed by atoms with Crippen molar-refractivity contribution < 1.29 is 4.43 Å². The lowest BCUT2D eigenvalue weighted by atomic mass is 9.94. The molecular weight excluding hydrogens is 346 g/mol. The minimum absolute atomic E-state index is 0.195. The van der Waals surface area contributed by atoms with Crippen LogP contribution < -0.4 is 0 Å². The van der Waals surface area contributed by atoms with Crippen LogP contribution in [0.25, 0.3) is 10.8 Å². The van der Waals surface area contributed by atoms with Crippen molar-refractivity contribution in [2.75, 3.05) is 6.61 Å². The number of nitrogens with zero attached hydrogens (tertiary/aromatic N) is 1. The lowest BCUT2D eigenvalue weighted by Gasteiger charge is -2.35. The van der Waals surface area contributed by atoms with E-state index >= 15 is 0 Å². The molecule has 2 rings (SSSR count). The van der Waals surface area contributed by atoms with Gasteiger partial charge in [-0.3, -0.25) is 0 Å². The molecule has 1 aromatic carbocycles. The number of fused-ring (bicyclic) bond motifs is 1. The van der Waals surface area contributed by atoms with Gasteiger partial charge in [0.15, 0.2) is 8.32 Å². The SMILES string of the molecule is CC(C)c1ccc(C#CCO[Si](C)(C)C(C)(C)C)c2cnc(Cl)cc12. The minimum atomic E-state index is -1.76. The zero-order valence-corrected chi connectivity index (χ0v) is 18.1. The van der Waals surface area contributed by atoms with E-state index < -0.39 is 8.32 Å². The summed E-state index contributed by atoms with van der Waals surface area (Å²) in [4.78, 5) is 4.24. The van der Waals surface area contributed by atoms with Gasteiger partial charge in [0.2, 0.25) is 0 Å². The molecule has 1 heterocycles. The zero-order valence-electron chi connectivity index (χ0n) is 16.3. The first-order valence-corrected chi connectivity index (χ1v) is 12.0. The summed E-state index contributed by atoms with van der Waals surface area (Å²) in [5, 5.41) is 2.89. The summed E-state index contributed by atoms with van der Waals surface area (Å²) in [7, 11) is -1.76. The van der Waals surface area contributed by atoms with Crippen LogP contribution in [0, 0.1) is 11.8 Å². The Morgan fingerprint density at radius 1 is 1.20 bits per heavy atom. The third-order valence-electron chi connectivity index (χ3n) is 5.06. The summed E-state index contributed by atoms with van der Waals surface area (Å²) < 4.78 is 6.14. The van der Waals surface area contributed by atoms with Crippen molar-refractivity contribution in [3.8, 4) is 11.8 Å². The maximum atomic E-state index is 6.14. The molecule has 0 fully saturated rings. The Morgan fingerprint density at radius 2 is 1.88 bits per heavy atom. The van der Waals surface area contributed by atoms with E-state index in [0.717, 1.165) is 16.3 Å². The summed E-state index contributed by atoms with van der Waals surface area (Å²) in [6.45, 7) is 16.0. The van der Waals surface area contributed by atoms with E-state index in [1.165, 1.54) is 5.56 Å². The standard InChI is InChI=1S/C21H28ClNOSi/c1-15(2)17-11-10-16(19-14-23-20(22)13-18(17)19)9-8-12-24-25(6,7)21(3,4)5/h10-11,13-15H,12H2,1-7H3. The van der Waals surface area contributed by atoms with Crippen molar-refractivity contribution in [2.24, 2.45) is 0 Å². The van der Waals surface area contributed by atoms with E-state index in [2.05, 4.69) is 76.7 Å². The number of aromatic nitrogens is 1. The molecule has 2 nitrogen and oxygen atoms in total. The number of pyridine rings is 1. The lowest BCUT2D eigenvalue weighted by molar-refractivity contribution is 0.334. The second-order valence-corrected chi connectivity index (χ2v) is 13.5. The van der Waals surface area contributed by atoms with Crippen molar-refractivity contribution in [3.63, 3.8) is 0 Å². The van der Waals surface area contributed by atoms with Crippen molar-refractivity contribution in [3.05, 3.63) is 40.7 Å². The number of halogens is 1. The molecule has 0 aliphatic heterocycles. The van der Waals surface area contributed by atoms with Gasteiger partial charge in [0.25, 0.3) is 0 Å². The molecule has 0 radical (unpaired) electrons. The Morgan fingerprint density at radius 3 is 2.48 bits per heavy atom. The first kappa shape index (κ1) is 20.0. The summed E-state index contributed by atoms with van der Waals surface area (Å²) in [6.07, 6.45) is 1.82. The molecule has 0 bridgehead atoms. The molecule has 0 aliphatic rings. The largest absolute Gasteiger partial charge is 0.406 e. The normalized spacial score (nSPS) is 12.4. The van der Waals surface area contributed by atoms with Gasteiger partial charge >= 0.3 is 0 Å². The van der Waals surface area contributed by atoms with E-state index in [1.54, 1.807) is 0 Å². The quantitative estimate of drug-likeness (QED) is 0.353. The second-order valence-electron chi connectivity index (χ2n) is 8.26. The van der Waals surface area contributed by atoms with Crippen molar-refractivity contribution in [1.82, 2.24) is 4.98 Å². The molecule has 4 heteroatoms. The van der Waals surface area contributed by atoms with Gasteiger partial charge in [-0.15, -0.1) is 0 Å². The highest BCUT2D eigenvalue weighted by Crippen LogP contribution is 2.36. The number of benzene rings is 1. The van der Waals surface area contributed by atoms with Crippen LogP contribution in [0.1, 0.15) is 51.7 Å². The van der Waals surface area contributed by atoms with E-state index in [9.17, 15) is 0 Å².